The van der Waals surface area contributed by atoms with Gasteiger partial charge in [0.2, 0.25) is 0 Å². The van der Waals surface area contributed by atoms with Crippen LogP contribution in [-0.4, -0.2) is 0 Å². The minimum Gasteiger partial charge on any atom is -0.377 e. The van der Waals surface area contributed by atoms with Crippen LogP contribution in [0.15, 0.2) is 40.2 Å². The summed E-state index contributed by atoms with van der Waals surface area (Å²) in [6.07, 6.45) is 5.46. The van der Waals surface area contributed by atoms with Crippen molar-refractivity contribution in [3.05, 3.63) is 50.6 Å². The van der Waals surface area contributed by atoms with Gasteiger partial charge < -0.3 is 5.32 Å². The van der Waals surface area contributed by atoms with Crippen LogP contribution in [0.4, 0.5) is 5.69 Å². The molecule has 0 amide bonds. The molecule has 1 aliphatic rings. The van der Waals surface area contributed by atoms with Crippen molar-refractivity contribution in [3.8, 4) is 0 Å². The molecule has 1 aliphatic carbocycles. The maximum Gasteiger partial charge on any atom is 0.0634 e. The Labute approximate surface area is 133 Å². The van der Waals surface area contributed by atoms with E-state index in [-0.39, 0.29) is 0 Å². The Hall–Kier alpha value is -0.800. The van der Waals surface area contributed by atoms with E-state index in [0.29, 0.717) is 6.04 Å². The van der Waals surface area contributed by atoms with Crippen LogP contribution >= 0.6 is 27.3 Å². The van der Waals surface area contributed by atoms with E-state index < -0.39 is 0 Å². The molecule has 1 aromatic carbocycles. The minimum atomic E-state index is 0.463. The van der Waals surface area contributed by atoms with E-state index >= 15 is 0 Å². The molecule has 0 radical (unpaired) electrons. The average Bonchev–Trinajstić information content (AvgIpc) is 3.13. The van der Waals surface area contributed by atoms with Crippen LogP contribution in [0.2, 0.25) is 0 Å². The van der Waals surface area contributed by atoms with Crippen LogP contribution in [-0.2, 0) is 0 Å². The second kappa shape index (κ2) is 6.31. The third-order valence-electron chi connectivity index (χ3n) is 4.30. The van der Waals surface area contributed by atoms with Crippen molar-refractivity contribution in [1.29, 1.82) is 0 Å². The molecule has 1 nitrogen and oxygen atoms in total. The summed E-state index contributed by atoms with van der Waals surface area (Å²) in [4.78, 5) is 1.47. The lowest BCUT2D eigenvalue weighted by molar-refractivity contribution is 0.475. The summed E-state index contributed by atoms with van der Waals surface area (Å²) in [5.41, 5.74) is 2.55. The highest BCUT2D eigenvalue weighted by Gasteiger charge is 2.27. The molecule has 0 spiro atoms. The van der Waals surface area contributed by atoms with E-state index in [1.54, 1.807) is 0 Å². The first-order chi connectivity index (χ1) is 9.75. The molecule has 1 heterocycles. The van der Waals surface area contributed by atoms with Crippen molar-refractivity contribution in [2.75, 3.05) is 5.32 Å². The Morgan fingerprint density at radius 2 is 2.00 bits per heavy atom. The zero-order valence-corrected chi connectivity index (χ0v) is 14.1. The van der Waals surface area contributed by atoms with Gasteiger partial charge in [0, 0.05) is 15.0 Å². The van der Waals surface area contributed by atoms with Crippen molar-refractivity contribution in [2.24, 2.45) is 5.92 Å². The lowest BCUT2D eigenvalue weighted by Crippen LogP contribution is -2.18. The molecule has 1 saturated carbocycles. The Bertz CT molecular complexity index is 558. The SMILES string of the molecule is Cc1c(Br)cccc1NC(c1cccs1)C1CCCC1. The van der Waals surface area contributed by atoms with Crippen LogP contribution in [0, 0.1) is 12.8 Å². The summed E-state index contributed by atoms with van der Waals surface area (Å²) in [7, 11) is 0. The van der Waals surface area contributed by atoms with Crippen LogP contribution in [0.3, 0.4) is 0 Å². The summed E-state index contributed by atoms with van der Waals surface area (Å²) in [5, 5.41) is 6.00. The summed E-state index contributed by atoms with van der Waals surface area (Å²) in [6.45, 7) is 2.17. The number of halogens is 1. The number of rotatable bonds is 4. The van der Waals surface area contributed by atoms with Crippen LogP contribution in [0.5, 0.6) is 0 Å². The molecule has 1 N–H and O–H groups in total. The van der Waals surface area contributed by atoms with Gasteiger partial charge in [-0.1, -0.05) is 40.9 Å². The second-order valence-corrected chi connectivity index (χ2v) is 7.43. The van der Waals surface area contributed by atoms with Gasteiger partial charge in [0.05, 0.1) is 6.04 Å². The summed E-state index contributed by atoms with van der Waals surface area (Å²) < 4.78 is 1.18. The Kier molecular flexibility index (Phi) is 4.47. The van der Waals surface area contributed by atoms with Crippen molar-refractivity contribution in [1.82, 2.24) is 0 Å². The minimum absolute atomic E-state index is 0.463. The highest BCUT2D eigenvalue weighted by atomic mass is 79.9. The van der Waals surface area contributed by atoms with Crippen molar-refractivity contribution >= 4 is 33.0 Å². The monoisotopic (exact) mass is 349 g/mol. The van der Waals surface area contributed by atoms with E-state index in [4.69, 9.17) is 0 Å². The standard InChI is InChI=1S/C17H20BrNS/c1-12-14(18)8-4-9-15(12)19-17(13-6-2-3-7-13)16-10-5-11-20-16/h4-5,8-11,13,17,19H,2-3,6-7H2,1H3. The van der Waals surface area contributed by atoms with E-state index in [1.807, 2.05) is 11.3 Å². The van der Waals surface area contributed by atoms with Gasteiger partial charge in [-0.05, 0) is 54.8 Å². The van der Waals surface area contributed by atoms with Gasteiger partial charge in [-0.25, -0.2) is 0 Å². The molecule has 1 aromatic heterocycles. The van der Waals surface area contributed by atoms with Crippen LogP contribution in [0.25, 0.3) is 0 Å². The average molecular weight is 350 g/mol. The second-order valence-electron chi connectivity index (χ2n) is 5.59. The Balaban J connectivity index is 1.88. The molecule has 1 atom stereocenters. The molecule has 0 bridgehead atoms. The fraction of sp³-hybridized carbons (Fsp3) is 0.412. The maximum absolute atomic E-state index is 3.81. The quantitative estimate of drug-likeness (QED) is 0.696. The number of thiophene rings is 1. The molecular weight excluding hydrogens is 330 g/mol. The van der Waals surface area contributed by atoms with Gasteiger partial charge in [0.15, 0.2) is 0 Å². The molecule has 0 aliphatic heterocycles. The van der Waals surface area contributed by atoms with Crippen molar-refractivity contribution in [3.63, 3.8) is 0 Å². The third-order valence-corrected chi connectivity index (χ3v) is 6.11. The summed E-state index contributed by atoms with van der Waals surface area (Å²) in [6, 6.07) is 11.3. The van der Waals surface area contributed by atoms with E-state index in [9.17, 15) is 0 Å². The van der Waals surface area contributed by atoms with Gasteiger partial charge in [0.1, 0.15) is 0 Å². The number of hydrogen-bond donors (Lipinski definition) is 1. The van der Waals surface area contributed by atoms with Gasteiger partial charge in [0.25, 0.3) is 0 Å². The highest BCUT2D eigenvalue weighted by Crippen LogP contribution is 2.40. The van der Waals surface area contributed by atoms with Crippen molar-refractivity contribution in [2.45, 2.75) is 38.6 Å². The lowest BCUT2D eigenvalue weighted by Gasteiger charge is -2.26. The predicted molar refractivity (Wildman–Crippen MR) is 91.5 cm³/mol. The first kappa shape index (κ1) is 14.2. The zero-order chi connectivity index (χ0) is 13.9. The van der Waals surface area contributed by atoms with Gasteiger partial charge in [-0.2, -0.15) is 0 Å². The third kappa shape index (κ3) is 2.94. The molecule has 2 aromatic rings. The Morgan fingerprint density at radius 3 is 2.70 bits per heavy atom. The van der Waals surface area contributed by atoms with Gasteiger partial charge >= 0.3 is 0 Å². The highest BCUT2D eigenvalue weighted by molar-refractivity contribution is 9.10. The molecule has 20 heavy (non-hydrogen) atoms. The molecule has 106 valence electrons. The molecule has 1 fully saturated rings. The zero-order valence-electron chi connectivity index (χ0n) is 11.7. The number of anilines is 1. The van der Waals surface area contributed by atoms with Crippen LogP contribution < -0.4 is 5.32 Å². The summed E-state index contributed by atoms with van der Waals surface area (Å²) >= 11 is 5.50. The fourth-order valence-electron chi connectivity index (χ4n) is 3.11. The Morgan fingerprint density at radius 1 is 1.20 bits per heavy atom. The maximum atomic E-state index is 3.81. The predicted octanol–water partition coefficient (Wildman–Crippen LogP) is 6.16. The van der Waals surface area contributed by atoms with E-state index in [2.05, 4.69) is 63.9 Å². The fourth-order valence-corrected chi connectivity index (χ4v) is 4.35. The number of hydrogen-bond acceptors (Lipinski definition) is 2. The molecule has 1 unspecified atom stereocenters. The van der Waals surface area contributed by atoms with E-state index in [1.165, 1.54) is 46.3 Å². The van der Waals surface area contributed by atoms with Crippen molar-refractivity contribution < 1.29 is 0 Å². The van der Waals surface area contributed by atoms with Gasteiger partial charge in [-0.15, -0.1) is 11.3 Å². The largest absolute Gasteiger partial charge is 0.377 e. The number of benzene rings is 1. The van der Waals surface area contributed by atoms with Gasteiger partial charge in [-0.3, -0.25) is 0 Å². The first-order valence-electron chi connectivity index (χ1n) is 7.31. The van der Waals surface area contributed by atoms with E-state index in [0.717, 1.165) is 5.92 Å². The topological polar surface area (TPSA) is 12.0 Å². The van der Waals surface area contributed by atoms with Crippen LogP contribution in [0.1, 0.15) is 42.2 Å². The number of nitrogens with one attached hydrogen (secondary N) is 1. The smallest absolute Gasteiger partial charge is 0.0634 e. The molecular formula is C17H20BrNS. The molecule has 0 saturated heterocycles. The normalized spacial score (nSPS) is 17.3. The molecule has 3 rings (SSSR count). The first-order valence-corrected chi connectivity index (χ1v) is 8.98. The summed E-state index contributed by atoms with van der Waals surface area (Å²) in [5.74, 6) is 0.770. The molecule has 3 heteroatoms. The lowest BCUT2D eigenvalue weighted by atomic mass is 9.96.